The number of halogens is 1. The SMILES string of the molecule is CCCc1cc(C(=O)OC)oc1Cc1ccc(-c2ccccc2C(=O)OC(C)(C)C)cc1F. The van der Waals surface area contributed by atoms with Gasteiger partial charge in [0.15, 0.2) is 0 Å². The Balaban J connectivity index is 1.92. The zero-order valence-corrected chi connectivity index (χ0v) is 19.7. The van der Waals surface area contributed by atoms with Crippen molar-refractivity contribution in [2.45, 2.75) is 52.6 Å². The molecule has 5 nitrogen and oxygen atoms in total. The highest BCUT2D eigenvalue weighted by molar-refractivity contribution is 5.97. The average Bonchev–Trinajstić information content (AvgIpc) is 3.16. The summed E-state index contributed by atoms with van der Waals surface area (Å²) in [5.74, 6) is -0.798. The van der Waals surface area contributed by atoms with Crippen LogP contribution in [0.5, 0.6) is 0 Å². The van der Waals surface area contributed by atoms with Crippen LogP contribution in [0.25, 0.3) is 11.1 Å². The van der Waals surface area contributed by atoms with Crippen molar-refractivity contribution in [3.8, 4) is 11.1 Å². The van der Waals surface area contributed by atoms with Gasteiger partial charge in [-0.15, -0.1) is 0 Å². The number of furan rings is 1. The summed E-state index contributed by atoms with van der Waals surface area (Å²) in [6.45, 7) is 7.42. The molecule has 0 N–H and O–H groups in total. The minimum absolute atomic E-state index is 0.110. The highest BCUT2D eigenvalue weighted by Gasteiger charge is 2.22. The molecular formula is C27H29FO5. The van der Waals surface area contributed by atoms with Crippen LogP contribution in [-0.2, 0) is 22.3 Å². The first-order valence-electron chi connectivity index (χ1n) is 10.9. The summed E-state index contributed by atoms with van der Waals surface area (Å²) in [5, 5.41) is 0. The number of hydrogen-bond donors (Lipinski definition) is 0. The van der Waals surface area contributed by atoms with Gasteiger partial charge in [-0.05, 0) is 67.6 Å². The molecule has 0 unspecified atom stereocenters. The van der Waals surface area contributed by atoms with E-state index >= 15 is 4.39 Å². The van der Waals surface area contributed by atoms with Crippen LogP contribution in [0.3, 0.4) is 0 Å². The first kappa shape index (κ1) is 24.2. The summed E-state index contributed by atoms with van der Waals surface area (Å²) in [4.78, 5) is 24.5. The minimum atomic E-state index is -0.637. The van der Waals surface area contributed by atoms with Gasteiger partial charge >= 0.3 is 11.9 Å². The van der Waals surface area contributed by atoms with Crippen LogP contribution in [0.1, 0.15) is 71.9 Å². The zero-order valence-electron chi connectivity index (χ0n) is 19.7. The quantitative estimate of drug-likeness (QED) is 0.390. The van der Waals surface area contributed by atoms with E-state index in [1.807, 2.05) is 6.92 Å². The largest absolute Gasteiger partial charge is 0.463 e. The standard InChI is InChI=1S/C27H29FO5/c1-6-9-19-16-24(26(30)31-5)32-23(19)15-18-13-12-17(14-22(18)28)20-10-7-8-11-21(20)25(29)33-27(2,3)4/h7-8,10-14,16H,6,9,15H2,1-5H3. The number of methoxy groups -OCH3 is 1. The topological polar surface area (TPSA) is 65.7 Å². The molecule has 0 aliphatic rings. The summed E-state index contributed by atoms with van der Waals surface area (Å²) < 4.78 is 31.1. The van der Waals surface area contributed by atoms with Crippen LogP contribution >= 0.6 is 0 Å². The summed E-state index contributed by atoms with van der Waals surface area (Å²) in [7, 11) is 1.29. The van der Waals surface area contributed by atoms with E-state index in [0.717, 1.165) is 12.0 Å². The Bertz CT molecular complexity index is 1150. The van der Waals surface area contributed by atoms with Crippen molar-refractivity contribution in [3.05, 3.63) is 82.6 Å². The van der Waals surface area contributed by atoms with Gasteiger partial charge in [-0.25, -0.2) is 14.0 Å². The van der Waals surface area contributed by atoms with Crippen LogP contribution in [0.4, 0.5) is 4.39 Å². The second-order valence-corrected chi connectivity index (χ2v) is 8.83. The van der Waals surface area contributed by atoms with Crippen molar-refractivity contribution < 1.29 is 27.9 Å². The molecule has 3 rings (SSSR count). The Morgan fingerprint density at radius 1 is 1.00 bits per heavy atom. The van der Waals surface area contributed by atoms with Crippen molar-refractivity contribution >= 4 is 11.9 Å². The van der Waals surface area contributed by atoms with Gasteiger partial charge in [0.25, 0.3) is 0 Å². The molecule has 3 aromatic rings. The van der Waals surface area contributed by atoms with E-state index in [1.54, 1.807) is 63.2 Å². The van der Waals surface area contributed by atoms with Crippen molar-refractivity contribution in [1.29, 1.82) is 0 Å². The molecule has 2 aromatic carbocycles. The first-order valence-corrected chi connectivity index (χ1v) is 10.9. The van der Waals surface area contributed by atoms with E-state index in [4.69, 9.17) is 13.9 Å². The lowest BCUT2D eigenvalue weighted by atomic mass is 9.96. The molecule has 0 saturated carbocycles. The van der Waals surface area contributed by atoms with Gasteiger partial charge in [0.05, 0.1) is 12.7 Å². The van der Waals surface area contributed by atoms with Crippen LogP contribution < -0.4 is 0 Å². The lowest BCUT2D eigenvalue weighted by molar-refractivity contribution is 0.00702. The number of esters is 2. The third kappa shape index (κ3) is 5.89. The number of carbonyl (C=O) groups excluding carboxylic acids is 2. The van der Waals surface area contributed by atoms with Crippen LogP contribution in [0.15, 0.2) is 52.9 Å². The zero-order chi connectivity index (χ0) is 24.2. The summed E-state index contributed by atoms with van der Waals surface area (Å²) in [6.07, 6.45) is 1.76. The normalized spacial score (nSPS) is 11.3. The monoisotopic (exact) mass is 452 g/mol. The van der Waals surface area contributed by atoms with Crippen molar-refractivity contribution in [3.63, 3.8) is 0 Å². The molecule has 0 atom stereocenters. The second-order valence-electron chi connectivity index (χ2n) is 8.83. The number of aryl methyl sites for hydroxylation is 1. The van der Waals surface area contributed by atoms with Gasteiger partial charge in [-0.2, -0.15) is 0 Å². The van der Waals surface area contributed by atoms with E-state index in [9.17, 15) is 9.59 Å². The first-order chi connectivity index (χ1) is 15.6. The molecule has 0 spiro atoms. The van der Waals surface area contributed by atoms with Crippen molar-refractivity contribution in [2.75, 3.05) is 7.11 Å². The fraction of sp³-hybridized carbons (Fsp3) is 0.333. The van der Waals surface area contributed by atoms with Crippen LogP contribution in [0.2, 0.25) is 0 Å². The maximum Gasteiger partial charge on any atom is 0.373 e. The van der Waals surface area contributed by atoms with Crippen LogP contribution in [0, 0.1) is 5.82 Å². The molecule has 0 radical (unpaired) electrons. The molecule has 33 heavy (non-hydrogen) atoms. The molecule has 0 aliphatic carbocycles. The Labute approximate surface area is 193 Å². The number of ether oxygens (including phenoxy) is 2. The Kier molecular flexibility index (Phi) is 7.36. The summed E-state index contributed by atoms with van der Waals surface area (Å²) >= 11 is 0. The Hall–Kier alpha value is -3.41. The lowest BCUT2D eigenvalue weighted by Gasteiger charge is -2.20. The summed E-state index contributed by atoms with van der Waals surface area (Å²) in [6, 6.07) is 13.5. The van der Waals surface area contributed by atoms with E-state index in [2.05, 4.69) is 0 Å². The third-order valence-corrected chi connectivity index (χ3v) is 5.06. The minimum Gasteiger partial charge on any atom is -0.463 e. The van der Waals surface area contributed by atoms with Crippen LogP contribution in [-0.4, -0.2) is 24.6 Å². The number of benzene rings is 2. The van der Waals surface area contributed by atoms with Crippen molar-refractivity contribution in [2.24, 2.45) is 0 Å². The third-order valence-electron chi connectivity index (χ3n) is 5.06. The van der Waals surface area contributed by atoms with Crippen molar-refractivity contribution in [1.82, 2.24) is 0 Å². The Morgan fingerprint density at radius 3 is 2.36 bits per heavy atom. The number of rotatable bonds is 7. The highest BCUT2D eigenvalue weighted by Crippen LogP contribution is 2.29. The van der Waals surface area contributed by atoms with Gasteiger partial charge < -0.3 is 13.9 Å². The molecule has 0 aliphatic heterocycles. The van der Waals surface area contributed by atoms with Gasteiger partial charge in [0.2, 0.25) is 5.76 Å². The summed E-state index contributed by atoms with van der Waals surface area (Å²) in [5.41, 5.74) is 2.18. The molecule has 0 amide bonds. The van der Waals surface area contributed by atoms with E-state index < -0.39 is 23.4 Å². The molecule has 1 aromatic heterocycles. The fourth-order valence-electron chi connectivity index (χ4n) is 3.58. The number of carbonyl (C=O) groups is 2. The predicted octanol–water partition coefficient (Wildman–Crippen LogP) is 6.37. The van der Waals surface area contributed by atoms with Gasteiger partial charge in [-0.1, -0.05) is 43.7 Å². The molecule has 1 heterocycles. The second kappa shape index (κ2) is 10.0. The highest BCUT2D eigenvalue weighted by atomic mass is 19.1. The maximum absolute atomic E-state index is 15.1. The smallest absolute Gasteiger partial charge is 0.373 e. The van der Waals surface area contributed by atoms with Gasteiger partial charge in [0.1, 0.15) is 17.2 Å². The Morgan fingerprint density at radius 2 is 1.73 bits per heavy atom. The molecular weight excluding hydrogens is 423 g/mol. The van der Waals surface area contributed by atoms with E-state index in [-0.39, 0.29) is 12.2 Å². The molecule has 174 valence electrons. The molecule has 0 fully saturated rings. The molecule has 0 bridgehead atoms. The van der Waals surface area contributed by atoms with Gasteiger partial charge in [-0.3, -0.25) is 0 Å². The lowest BCUT2D eigenvalue weighted by Crippen LogP contribution is -2.24. The molecule has 6 heteroatoms. The van der Waals surface area contributed by atoms with E-state index in [1.165, 1.54) is 13.2 Å². The molecule has 0 saturated heterocycles. The fourth-order valence-corrected chi connectivity index (χ4v) is 3.58. The average molecular weight is 453 g/mol. The predicted molar refractivity (Wildman–Crippen MR) is 124 cm³/mol. The maximum atomic E-state index is 15.1. The van der Waals surface area contributed by atoms with E-state index in [0.29, 0.717) is 34.4 Å². The number of hydrogen-bond acceptors (Lipinski definition) is 5. The van der Waals surface area contributed by atoms with Gasteiger partial charge in [0, 0.05) is 6.42 Å².